The Kier molecular flexibility index (Phi) is 2.56. The average Bonchev–Trinajstić information content (AvgIpc) is 2.26. The van der Waals surface area contributed by atoms with E-state index in [-0.39, 0.29) is 0 Å². The fourth-order valence-corrected chi connectivity index (χ4v) is 1.69. The number of methoxy groups -OCH3 is 1. The van der Waals surface area contributed by atoms with Crippen LogP contribution in [0.2, 0.25) is 0 Å². The maximum atomic E-state index is 10.0. The molecule has 0 bridgehead atoms. The van der Waals surface area contributed by atoms with Gasteiger partial charge < -0.3 is 9.84 Å². The summed E-state index contributed by atoms with van der Waals surface area (Å²) in [6.07, 6.45) is 0. The largest absolute Gasteiger partial charge is 0.481 e. The van der Waals surface area contributed by atoms with Gasteiger partial charge in [-0.25, -0.2) is 4.98 Å². The highest BCUT2D eigenvalue weighted by Crippen LogP contribution is 2.30. The van der Waals surface area contributed by atoms with Gasteiger partial charge in [-0.05, 0) is 26.0 Å². The number of hydrogen-bond acceptors (Lipinski definition) is 3. The van der Waals surface area contributed by atoms with E-state index < -0.39 is 5.60 Å². The smallest absolute Gasteiger partial charge is 0.219 e. The SMILES string of the molecule is COc1nc2ccccc2cc1C(C)(C)O. The van der Waals surface area contributed by atoms with E-state index in [1.165, 1.54) is 0 Å². The number of nitrogens with zero attached hydrogens (tertiary/aromatic N) is 1. The normalized spacial score (nSPS) is 11.8. The Morgan fingerprint density at radius 3 is 2.56 bits per heavy atom. The first-order chi connectivity index (χ1) is 7.52. The van der Waals surface area contributed by atoms with Gasteiger partial charge in [0.25, 0.3) is 0 Å². The van der Waals surface area contributed by atoms with Crippen molar-refractivity contribution in [1.29, 1.82) is 0 Å². The first-order valence-corrected chi connectivity index (χ1v) is 5.19. The Morgan fingerprint density at radius 2 is 1.94 bits per heavy atom. The van der Waals surface area contributed by atoms with Crippen LogP contribution in [0.15, 0.2) is 30.3 Å². The highest BCUT2D eigenvalue weighted by Gasteiger charge is 2.22. The van der Waals surface area contributed by atoms with E-state index in [2.05, 4.69) is 4.98 Å². The third-order valence-electron chi connectivity index (χ3n) is 2.54. The molecule has 0 aliphatic rings. The quantitative estimate of drug-likeness (QED) is 0.840. The number of ether oxygens (including phenoxy) is 1. The van der Waals surface area contributed by atoms with Crippen LogP contribution in [-0.2, 0) is 5.60 Å². The Hall–Kier alpha value is -1.61. The van der Waals surface area contributed by atoms with Gasteiger partial charge in [0.15, 0.2) is 0 Å². The summed E-state index contributed by atoms with van der Waals surface area (Å²) in [5.74, 6) is 0.478. The van der Waals surface area contributed by atoms with Crippen LogP contribution in [0.25, 0.3) is 10.9 Å². The zero-order valence-corrected chi connectivity index (χ0v) is 9.69. The fraction of sp³-hybridized carbons (Fsp3) is 0.308. The van der Waals surface area contributed by atoms with E-state index in [1.807, 2.05) is 30.3 Å². The molecular formula is C13H15NO2. The second kappa shape index (κ2) is 3.76. The molecular weight excluding hydrogens is 202 g/mol. The maximum absolute atomic E-state index is 10.0. The van der Waals surface area contributed by atoms with E-state index >= 15 is 0 Å². The summed E-state index contributed by atoms with van der Waals surface area (Å²) in [6, 6.07) is 9.69. The van der Waals surface area contributed by atoms with Crippen LogP contribution >= 0.6 is 0 Å². The number of rotatable bonds is 2. The number of benzene rings is 1. The van der Waals surface area contributed by atoms with Crippen LogP contribution in [0, 0.1) is 0 Å². The summed E-state index contributed by atoms with van der Waals surface area (Å²) in [4.78, 5) is 4.38. The van der Waals surface area contributed by atoms with Crippen LogP contribution in [0.5, 0.6) is 5.88 Å². The molecule has 0 saturated carbocycles. The van der Waals surface area contributed by atoms with Gasteiger partial charge >= 0.3 is 0 Å². The predicted octanol–water partition coefficient (Wildman–Crippen LogP) is 2.47. The average molecular weight is 217 g/mol. The van der Waals surface area contributed by atoms with Gasteiger partial charge in [-0.3, -0.25) is 0 Å². The van der Waals surface area contributed by atoms with E-state index in [9.17, 15) is 5.11 Å². The van der Waals surface area contributed by atoms with E-state index in [1.54, 1.807) is 21.0 Å². The Balaban J connectivity index is 2.73. The molecule has 1 aromatic heterocycles. The number of aliphatic hydroxyl groups is 1. The molecule has 0 atom stereocenters. The summed E-state index contributed by atoms with van der Waals surface area (Å²) in [7, 11) is 1.56. The molecule has 0 aliphatic heterocycles. The van der Waals surface area contributed by atoms with Crippen molar-refractivity contribution in [1.82, 2.24) is 4.98 Å². The molecule has 16 heavy (non-hydrogen) atoms. The van der Waals surface area contributed by atoms with E-state index in [0.717, 1.165) is 10.9 Å². The van der Waals surface area contributed by atoms with Crippen LogP contribution in [0.3, 0.4) is 0 Å². The third-order valence-corrected chi connectivity index (χ3v) is 2.54. The monoisotopic (exact) mass is 217 g/mol. The lowest BCUT2D eigenvalue weighted by Gasteiger charge is -2.20. The molecule has 84 valence electrons. The van der Waals surface area contributed by atoms with Gasteiger partial charge in [0.1, 0.15) is 0 Å². The Bertz CT molecular complexity index is 515. The zero-order chi connectivity index (χ0) is 11.8. The van der Waals surface area contributed by atoms with Gasteiger partial charge in [0.05, 0.1) is 18.2 Å². The molecule has 0 saturated heterocycles. The summed E-state index contributed by atoms with van der Waals surface area (Å²) in [6.45, 7) is 3.45. The summed E-state index contributed by atoms with van der Waals surface area (Å²) < 4.78 is 5.21. The standard InChI is InChI=1S/C13H15NO2/c1-13(2,15)10-8-9-6-4-5-7-11(9)14-12(10)16-3/h4-8,15H,1-3H3. The number of hydrogen-bond donors (Lipinski definition) is 1. The van der Waals surface area contributed by atoms with Crippen molar-refractivity contribution in [3.05, 3.63) is 35.9 Å². The minimum Gasteiger partial charge on any atom is -0.481 e. The number of fused-ring (bicyclic) bond motifs is 1. The van der Waals surface area contributed by atoms with Crippen molar-refractivity contribution in [2.45, 2.75) is 19.4 Å². The Labute approximate surface area is 94.7 Å². The molecule has 3 nitrogen and oxygen atoms in total. The van der Waals surface area contributed by atoms with Crippen LogP contribution in [0.4, 0.5) is 0 Å². The molecule has 2 aromatic rings. The topological polar surface area (TPSA) is 42.4 Å². The number of aromatic nitrogens is 1. The molecule has 0 amide bonds. The minimum atomic E-state index is -0.956. The van der Waals surface area contributed by atoms with Crippen molar-refractivity contribution in [3.63, 3.8) is 0 Å². The van der Waals surface area contributed by atoms with E-state index in [0.29, 0.717) is 11.4 Å². The van der Waals surface area contributed by atoms with Gasteiger partial charge in [0.2, 0.25) is 5.88 Å². The molecule has 2 rings (SSSR count). The van der Waals surface area contributed by atoms with Crippen molar-refractivity contribution < 1.29 is 9.84 Å². The lowest BCUT2D eigenvalue weighted by molar-refractivity contribution is 0.0751. The molecule has 0 spiro atoms. The van der Waals surface area contributed by atoms with Gasteiger partial charge in [-0.2, -0.15) is 0 Å². The van der Waals surface area contributed by atoms with Crippen molar-refractivity contribution >= 4 is 10.9 Å². The van der Waals surface area contributed by atoms with Crippen LogP contribution < -0.4 is 4.74 Å². The minimum absolute atomic E-state index is 0.478. The molecule has 0 unspecified atom stereocenters. The van der Waals surface area contributed by atoms with Crippen LogP contribution in [-0.4, -0.2) is 17.2 Å². The maximum Gasteiger partial charge on any atom is 0.219 e. The molecule has 3 heteroatoms. The molecule has 0 radical (unpaired) electrons. The summed E-state index contributed by atoms with van der Waals surface area (Å²) in [5.41, 5.74) is 0.614. The molecule has 1 heterocycles. The third kappa shape index (κ3) is 1.86. The molecule has 1 N–H and O–H groups in total. The van der Waals surface area contributed by atoms with E-state index in [4.69, 9.17) is 4.74 Å². The second-order valence-electron chi connectivity index (χ2n) is 4.30. The highest BCUT2D eigenvalue weighted by atomic mass is 16.5. The lowest BCUT2D eigenvalue weighted by atomic mass is 9.98. The Morgan fingerprint density at radius 1 is 1.25 bits per heavy atom. The molecule has 0 fully saturated rings. The number of pyridine rings is 1. The lowest BCUT2D eigenvalue weighted by Crippen LogP contribution is -2.17. The van der Waals surface area contributed by atoms with Gasteiger partial charge in [-0.15, -0.1) is 0 Å². The zero-order valence-electron chi connectivity index (χ0n) is 9.69. The molecule has 0 aliphatic carbocycles. The molecule has 1 aromatic carbocycles. The van der Waals surface area contributed by atoms with Crippen molar-refractivity contribution in [2.75, 3.05) is 7.11 Å². The second-order valence-corrected chi connectivity index (χ2v) is 4.30. The van der Waals surface area contributed by atoms with Gasteiger partial charge in [-0.1, -0.05) is 18.2 Å². The first-order valence-electron chi connectivity index (χ1n) is 5.19. The number of para-hydroxylation sites is 1. The van der Waals surface area contributed by atoms with Crippen LogP contribution in [0.1, 0.15) is 19.4 Å². The van der Waals surface area contributed by atoms with Gasteiger partial charge in [0, 0.05) is 10.9 Å². The predicted molar refractivity (Wildman–Crippen MR) is 63.5 cm³/mol. The van der Waals surface area contributed by atoms with Crippen molar-refractivity contribution in [3.8, 4) is 5.88 Å². The summed E-state index contributed by atoms with van der Waals surface area (Å²) in [5, 5.41) is 11.0. The van der Waals surface area contributed by atoms with Crippen molar-refractivity contribution in [2.24, 2.45) is 0 Å². The summed E-state index contributed by atoms with van der Waals surface area (Å²) >= 11 is 0. The highest BCUT2D eigenvalue weighted by molar-refractivity contribution is 5.80. The fourth-order valence-electron chi connectivity index (χ4n) is 1.69. The first kappa shape index (κ1) is 10.9.